The molecule has 1 aromatic heterocycles. The zero-order valence-electron chi connectivity index (χ0n) is 34.4. The number of fused-ring (bicyclic) bond motifs is 2. The number of rotatable bonds is 11. The SMILES string of the molecule is C[C@H]1CN(C(=O)C[C@H]2CC[C@H](Cc3ccc4c(c3)n(C)c(=O)n4C3CCC(=O)NC3=O)CC2)CC[C@H]2CC[C@@H](C(=O)N[C@@H](CCC(N)=O)C(=O)OC(C)(C)C)N2C1=O. The van der Waals surface area contributed by atoms with Gasteiger partial charge in [-0.25, -0.2) is 9.59 Å². The molecule has 0 radical (unpaired) electrons. The Bertz CT molecular complexity index is 2010. The molecule has 1 aliphatic carbocycles. The molecule has 58 heavy (non-hydrogen) atoms. The maximum Gasteiger partial charge on any atom is 0.329 e. The highest BCUT2D eigenvalue weighted by atomic mass is 16.6. The summed E-state index contributed by atoms with van der Waals surface area (Å²) in [5, 5.41) is 5.09. The highest BCUT2D eigenvalue weighted by molar-refractivity contribution is 6.00. The summed E-state index contributed by atoms with van der Waals surface area (Å²) in [5.41, 5.74) is 6.75. The smallest absolute Gasteiger partial charge is 0.329 e. The van der Waals surface area contributed by atoms with Crippen LogP contribution < -0.4 is 22.1 Å². The lowest BCUT2D eigenvalue weighted by Crippen LogP contribution is -2.56. The molecule has 2 aromatic rings. The zero-order chi connectivity index (χ0) is 42.1. The second kappa shape index (κ2) is 17.5. The molecular weight excluding hydrogens is 747 g/mol. The number of imidazole rings is 1. The van der Waals surface area contributed by atoms with Gasteiger partial charge in [0.05, 0.1) is 17.0 Å². The lowest BCUT2D eigenvalue weighted by atomic mass is 9.78. The molecule has 3 aliphatic heterocycles. The Morgan fingerprint density at radius 3 is 2.33 bits per heavy atom. The molecule has 0 spiro atoms. The van der Waals surface area contributed by atoms with E-state index in [1.165, 1.54) is 4.57 Å². The summed E-state index contributed by atoms with van der Waals surface area (Å²) in [6.45, 7) is 7.67. The minimum Gasteiger partial charge on any atom is -0.458 e. The Morgan fingerprint density at radius 2 is 1.66 bits per heavy atom. The number of benzene rings is 1. The molecule has 3 saturated heterocycles. The Balaban J connectivity index is 1.01. The summed E-state index contributed by atoms with van der Waals surface area (Å²) in [7, 11) is 1.70. The Morgan fingerprint density at radius 1 is 0.948 bits per heavy atom. The topological polar surface area (TPSA) is 212 Å². The number of carbonyl (C=O) groups excluding carboxylic acids is 7. The Kier molecular flexibility index (Phi) is 12.8. The van der Waals surface area contributed by atoms with Crippen molar-refractivity contribution < 1.29 is 38.3 Å². The lowest BCUT2D eigenvalue weighted by Gasteiger charge is -2.38. The van der Waals surface area contributed by atoms with E-state index in [2.05, 4.69) is 10.6 Å². The zero-order valence-corrected chi connectivity index (χ0v) is 34.4. The number of ether oxygens (including phenoxy) is 1. The molecule has 316 valence electrons. The fourth-order valence-corrected chi connectivity index (χ4v) is 9.33. The second-order valence-corrected chi connectivity index (χ2v) is 17.9. The van der Waals surface area contributed by atoms with E-state index < -0.39 is 53.3 Å². The molecule has 4 N–H and O–H groups in total. The molecule has 6 rings (SSSR count). The van der Waals surface area contributed by atoms with E-state index in [4.69, 9.17) is 10.5 Å². The van der Waals surface area contributed by atoms with Crippen LogP contribution in [0.5, 0.6) is 0 Å². The predicted octanol–water partition coefficient (Wildman–Crippen LogP) is 2.38. The number of aromatic nitrogens is 2. The number of carbonyl (C=O) groups is 7. The van der Waals surface area contributed by atoms with E-state index in [1.54, 1.807) is 44.2 Å². The van der Waals surface area contributed by atoms with Crippen LogP contribution in [0, 0.1) is 17.8 Å². The molecule has 1 aromatic carbocycles. The van der Waals surface area contributed by atoms with E-state index in [0.717, 1.165) is 43.2 Å². The molecule has 4 heterocycles. The number of aryl methyl sites for hydroxylation is 1. The fraction of sp³-hybridized carbons (Fsp3) is 0.667. The summed E-state index contributed by atoms with van der Waals surface area (Å²) in [4.78, 5) is 107. The van der Waals surface area contributed by atoms with Crippen LogP contribution in [-0.2, 0) is 51.8 Å². The first-order chi connectivity index (χ1) is 27.4. The first-order valence-electron chi connectivity index (χ1n) is 20.8. The third kappa shape index (κ3) is 9.63. The predicted molar refractivity (Wildman–Crippen MR) is 213 cm³/mol. The molecule has 4 fully saturated rings. The van der Waals surface area contributed by atoms with Gasteiger partial charge in [0.15, 0.2) is 0 Å². The van der Waals surface area contributed by atoms with E-state index >= 15 is 0 Å². The molecule has 6 amide bonds. The van der Waals surface area contributed by atoms with Crippen LogP contribution >= 0.6 is 0 Å². The van der Waals surface area contributed by atoms with Crippen LogP contribution in [0.2, 0.25) is 0 Å². The van der Waals surface area contributed by atoms with Crippen molar-refractivity contribution in [3.63, 3.8) is 0 Å². The van der Waals surface area contributed by atoms with E-state index in [1.807, 2.05) is 23.1 Å². The number of hydrogen-bond donors (Lipinski definition) is 3. The number of hydrogen-bond acceptors (Lipinski definition) is 9. The van der Waals surface area contributed by atoms with Crippen molar-refractivity contribution in [1.82, 2.24) is 29.6 Å². The Labute approximate surface area is 338 Å². The monoisotopic (exact) mass is 805 g/mol. The standard InChI is InChI=1S/C42H59N7O9/c1-24-23-47(19-18-28-11-14-31(48(28)39(24)55)37(53)44-29(12-16-34(43)50)40(56)58-42(2,3)4)36(52)22-26-8-6-25(7-9-26)20-27-10-13-30-33(21-27)46(5)41(57)49(30)32-15-17-35(51)45-38(32)54/h10,13,21,24-26,28-29,31-32H,6-9,11-12,14-20,22-23H2,1-5H3,(H2,43,50)(H,44,53)(H,45,51,54)/t24-,25-,26-,28+,29-,31-,32?/m0/s1. The van der Waals surface area contributed by atoms with Gasteiger partial charge in [-0.1, -0.05) is 13.0 Å². The van der Waals surface area contributed by atoms with Crippen molar-refractivity contribution in [2.75, 3.05) is 13.1 Å². The number of nitrogens with zero attached hydrogens (tertiary/aromatic N) is 4. The molecule has 16 heteroatoms. The van der Waals surface area contributed by atoms with Gasteiger partial charge in [-0.3, -0.25) is 43.2 Å². The molecule has 5 atom stereocenters. The molecule has 1 saturated carbocycles. The largest absolute Gasteiger partial charge is 0.458 e. The number of nitrogens with one attached hydrogen (secondary N) is 2. The average Bonchev–Trinajstić information content (AvgIpc) is 3.68. The van der Waals surface area contributed by atoms with E-state index in [-0.39, 0.29) is 67.6 Å². The van der Waals surface area contributed by atoms with Gasteiger partial charge in [0, 0.05) is 45.4 Å². The summed E-state index contributed by atoms with van der Waals surface area (Å²) >= 11 is 0. The van der Waals surface area contributed by atoms with Crippen molar-refractivity contribution in [2.45, 2.75) is 141 Å². The maximum absolute atomic E-state index is 13.9. The molecule has 1 unspecified atom stereocenters. The van der Waals surface area contributed by atoms with Crippen molar-refractivity contribution in [3.8, 4) is 0 Å². The van der Waals surface area contributed by atoms with Crippen molar-refractivity contribution in [1.29, 1.82) is 0 Å². The van der Waals surface area contributed by atoms with E-state index in [9.17, 15) is 38.4 Å². The fourth-order valence-electron chi connectivity index (χ4n) is 9.33. The summed E-state index contributed by atoms with van der Waals surface area (Å²) < 4.78 is 8.54. The van der Waals surface area contributed by atoms with E-state index in [0.29, 0.717) is 43.7 Å². The quantitative estimate of drug-likeness (QED) is 0.225. The summed E-state index contributed by atoms with van der Waals surface area (Å²) in [6.07, 6.45) is 6.95. The van der Waals surface area contributed by atoms with Gasteiger partial charge in [-0.2, -0.15) is 0 Å². The normalized spacial score (nSPS) is 26.1. The van der Waals surface area contributed by atoms with Crippen LogP contribution in [0.4, 0.5) is 0 Å². The van der Waals surface area contributed by atoms with Crippen molar-refractivity contribution >= 4 is 52.4 Å². The number of amides is 6. The third-order valence-corrected chi connectivity index (χ3v) is 12.4. The molecule has 4 aliphatic rings. The summed E-state index contributed by atoms with van der Waals surface area (Å²) in [6, 6.07) is 3.12. The van der Waals surface area contributed by atoms with Crippen LogP contribution in [0.1, 0.15) is 116 Å². The number of esters is 1. The maximum atomic E-state index is 13.9. The number of imide groups is 1. The van der Waals surface area contributed by atoms with Gasteiger partial charge in [-0.15, -0.1) is 0 Å². The molecular formula is C42H59N7O9. The van der Waals surface area contributed by atoms with Gasteiger partial charge in [0.2, 0.25) is 35.4 Å². The number of piperidine rings is 1. The molecule has 16 nitrogen and oxygen atoms in total. The van der Waals surface area contributed by atoms with Gasteiger partial charge in [0.25, 0.3) is 0 Å². The average molecular weight is 806 g/mol. The molecule has 0 bridgehead atoms. The van der Waals surface area contributed by atoms with Crippen LogP contribution in [0.25, 0.3) is 11.0 Å². The van der Waals surface area contributed by atoms with Crippen LogP contribution in [-0.4, -0.2) is 97.2 Å². The lowest BCUT2D eigenvalue weighted by molar-refractivity contribution is -0.159. The third-order valence-electron chi connectivity index (χ3n) is 12.4. The van der Waals surface area contributed by atoms with Crippen LogP contribution in [0.3, 0.4) is 0 Å². The first-order valence-corrected chi connectivity index (χ1v) is 20.8. The van der Waals surface area contributed by atoms with Gasteiger partial charge < -0.3 is 25.6 Å². The van der Waals surface area contributed by atoms with Gasteiger partial charge >= 0.3 is 11.7 Å². The highest BCUT2D eigenvalue weighted by Crippen LogP contribution is 2.35. The van der Waals surface area contributed by atoms with Gasteiger partial charge in [0.1, 0.15) is 23.7 Å². The minimum atomic E-state index is -1.09. The minimum absolute atomic E-state index is 0.0144. The number of primary amides is 1. The Hall–Kier alpha value is -5.02. The van der Waals surface area contributed by atoms with Crippen molar-refractivity contribution in [2.24, 2.45) is 30.5 Å². The second-order valence-electron chi connectivity index (χ2n) is 17.9. The van der Waals surface area contributed by atoms with Gasteiger partial charge in [-0.05, 0) is 115 Å². The number of nitrogens with two attached hydrogens (primary N) is 1. The van der Waals surface area contributed by atoms with Crippen LogP contribution in [0.15, 0.2) is 23.0 Å². The van der Waals surface area contributed by atoms with Crippen molar-refractivity contribution in [3.05, 3.63) is 34.2 Å². The summed E-state index contributed by atoms with van der Waals surface area (Å²) in [5.74, 6) is -2.52. The first kappa shape index (κ1) is 42.6. The highest BCUT2D eigenvalue weighted by Gasteiger charge is 2.45.